The molecule has 0 unspecified atom stereocenters. The van der Waals surface area contributed by atoms with E-state index in [9.17, 15) is 9.59 Å². The Morgan fingerprint density at radius 2 is 2.11 bits per heavy atom. The first-order valence-electron chi connectivity index (χ1n) is 6.06. The largest absolute Gasteiger partial charge is 0.465 e. The van der Waals surface area contributed by atoms with Gasteiger partial charge in [0.25, 0.3) is 0 Å². The molecule has 1 aliphatic heterocycles. The van der Waals surface area contributed by atoms with Gasteiger partial charge in [0.2, 0.25) is 0 Å². The Morgan fingerprint density at radius 3 is 2.72 bits per heavy atom. The van der Waals surface area contributed by atoms with Crippen LogP contribution in [0.3, 0.4) is 0 Å². The summed E-state index contributed by atoms with van der Waals surface area (Å²) in [6.45, 7) is 4.92. The fourth-order valence-corrected chi connectivity index (χ4v) is 2.27. The van der Waals surface area contributed by atoms with Crippen LogP contribution in [0, 0.1) is 0 Å². The molecule has 1 aliphatic rings. The Morgan fingerprint density at radius 1 is 1.39 bits per heavy atom. The minimum Gasteiger partial charge on any atom is -0.465 e. The highest BCUT2D eigenvalue weighted by atomic mass is 16.5. The summed E-state index contributed by atoms with van der Waals surface area (Å²) in [7, 11) is 1.34. The van der Waals surface area contributed by atoms with Crippen molar-refractivity contribution in [1.29, 1.82) is 0 Å². The first-order chi connectivity index (χ1) is 8.54. The maximum Gasteiger partial charge on any atom is 0.337 e. The van der Waals surface area contributed by atoms with Crippen LogP contribution < -0.4 is 4.90 Å². The van der Waals surface area contributed by atoms with Crippen molar-refractivity contribution in [3.05, 3.63) is 29.3 Å². The average molecular weight is 247 g/mol. The second-order valence-corrected chi connectivity index (χ2v) is 4.68. The third kappa shape index (κ3) is 2.10. The van der Waals surface area contributed by atoms with Crippen LogP contribution in [0.5, 0.6) is 0 Å². The molecule has 0 N–H and O–H groups in total. The van der Waals surface area contributed by atoms with E-state index in [1.807, 2.05) is 6.07 Å². The predicted octanol–water partition coefficient (Wildman–Crippen LogP) is 2.27. The van der Waals surface area contributed by atoms with Gasteiger partial charge in [-0.15, -0.1) is 0 Å². The Kier molecular flexibility index (Phi) is 3.36. The molecule has 0 spiro atoms. The standard InChI is InChI=1S/C14H17NO3/c1-9(2)15-7-6-13(16)11-8-10(14(17)18-3)4-5-12(11)15/h4-5,8-9H,6-7H2,1-3H3. The molecule has 18 heavy (non-hydrogen) atoms. The molecule has 0 bridgehead atoms. The summed E-state index contributed by atoms with van der Waals surface area (Å²) in [5.41, 5.74) is 1.96. The smallest absolute Gasteiger partial charge is 0.337 e. The van der Waals surface area contributed by atoms with Crippen LogP contribution in [0.15, 0.2) is 18.2 Å². The van der Waals surface area contributed by atoms with Crippen LogP contribution in [0.2, 0.25) is 0 Å². The summed E-state index contributed by atoms with van der Waals surface area (Å²) in [5, 5.41) is 0. The summed E-state index contributed by atoms with van der Waals surface area (Å²) in [4.78, 5) is 25.6. The Balaban J connectivity index is 2.47. The lowest BCUT2D eigenvalue weighted by Crippen LogP contribution is -2.37. The molecule has 4 nitrogen and oxygen atoms in total. The van der Waals surface area contributed by atoms with Crippen LogP contribution in [0.1, 0.15) is 41.0 Å². The molecular weight excluding hydrogens is 230 g/mol. The highest BCUT2D eigenvalue weighted by Gasteiger charge is 2.25. The number of fused-ring (bicyclic) bond motifs is 1. The van der Waals surface area contributed by atoms with Gasteiger partial charge in [-0.3, -0.25) is 4.79 Å². The Labute approximate surface area is 107 Å². The van der Waals surface area contributed by atoms with Crippen molar-refractivity contribution in [3.8, 4) is 0 Å². The van der Waals surface area contributed by atoms with E-state index in [1.54, 1.807) is 12.1 Å². The summed E-state index contributed by atoms with van der Waals surface area (Å²) < 4.78 is 4.67. The number of carbonyl (C=O) groups is 2. The molecule has 1 aromatic carbocycles. The zero-order valence-electron chi connectivity index (χ0n) is 10.9. The quantitative estimate of drug-likeness (QED) is 0.752. The number of esters is 1. The third-order valence-corrected chi connectivity index (χ3v) is 3.23. The number of ketones is 1. The van der Waals surface area contributed by atoms with E-state index < -0.39 is 5.97 Å². The molecule has 0 amide bonds. The van der Waals surface area contributed by atoms with Crippen molar-refractivity contribution >= 4 is 17.4 Å². The maximum atomic E-state index is 11.9. The van der Waals surface area contributed by atoms with E-state index >= 15 is 0 Å². The molecule has 2 rings (SSSR count). The van der Waals surface area contributed by atoms with Crippen molar-refractivity contribution in [2.75, 3.05) is 18.6 Å². The predicted molar refractivity (Wildman–Crippen MR) is 69.2 cm³/mol. The van der Waals surface area contributed by atoms with E-state index in [2.05, 4.69) is 23.5 Å². The molecule has 1 aromatic rings. The number of anilines is 1. The van der Waals surface area contributed by atoms with E-state index in [0.717, 1.165) is 12.2 Å². The van der Waals surface area contributed by atoms with Crippen LogP contribution in [-0.2, 0) is 4.74 Å². The Bertz CT molecular complexity index is 494. The minimum atomic E-state index is -0.410. The second-order valence-electron chi connectivity index (χ2n) is 4.68. The maximum absolute atomic E-state index is 11.9. The molecule has 4 heteroatoms. The molecule has 96 valence electrons. The zero-order valence-corrected chi connectivity index (χ0v) is 10.9. The molecule has 0 fully saturated rings. The number of ether oxygens (including phenoxy) is 1. The highest BCUT2D eigenvalue weighted by molar-refractivity contribution is 6.05. The van der Waals surface area contributed by atoms with E-state index in [0.29, 0.717) is 23.6 Å². The van der Waals surface area contributed by atoms with Crippen molar-refractivity contribution in [2.24, 2.45) is 0 Å². The number of hydrogen-bond donors (Lipinski definition) is 0. The number of carbonyl (C=O) groups excluding carboxylic acids is 2. The van der Waals surface area contributed by atoms with Crippen LogP contribution >= 0.6 is 0 Å². The van der Waals surface area contributed by atoms with Gasteiger partial charge in [-0.1, -0.05) is 0 Å². The highest BCUT2D eigenvalue weighted by Crippen LogP contribution is 2.29. The molecule has 1 heterocycles. The van der Waals surface area contributed by atoms with Crippen molar-refractivity contribution in [2.45, 2.75) is 26.3 Å². The number of methoxy groups -OCH3 is 1. The fraction of sp³-hybridized carbons (Fsp3) is 0.429. The molecule has 0 saturated heterocycles. The average Bonchev–Trinajstić information content (AvgIpc) is 2.37. The molecule has 0 saturated carbocycles. The van der Waals surface area contributed by atoms with Crippen LogP contribution in [0.4, 0.5) is 5.69 Å². The van der Waals surface area contributed by atoms with Crippen molar-refractivity contribution < 1.29 is 14.3 Å². The van der Waals surface area contributed by atoms with Crippen molar-refractivity contribution in [3.63, 3.8) is 0 Å². The number of nitrogens with zero attached hydrogens (tertiary/aromatic N) is 1. The fourth-order valence-electron chi connectivity index (χ4n) is 2.27. The van der Waals surface area contributed by atoms with Crippen LogP contribution in [0.25, 0.3) is 0 Å². The number of hydrogen-bond acceptors (Lipinski definition) is 4. The minimum absolute atomic E-state index is 0.0904. The van der Waals surface area contributed by atoms with Crippen molar-refractivity contribution in [1.82, 2.24) is 0 Å². The summed E-state index contributed by atoms with van der Waals surface area (Å²) in [5.74, 6) is -0.320. The lowest BCUT2D eigenvalue weighted by atomic mass is 9.97. The zero-order chi connectivity index (χ0) is 13.3. The Hall–Kier alpha value is -1.84. The normalized spacial score (nSPS) is 14.7. The topological polar surface area (TPSA) is 46.6 Å². The molecular formula is C14H17NO3. The number of rotatable bonds is 2. The first kappa shape index (κ1) is 12.6. The second kappa shape index (κ2) is 4.80. The molecule has 0 aromatic heterocycles. The number of benzene rings is 1. The van der Waals surface area contributed by atoms with E-state index in [-0.39, 0.29) is 5.78 Å². The van der Waals surface area contributed by atoms with Gasteiger partial charge in [0.1, 0.15) is 0 Å². The van der Waals surface area contributed by atoms with Gasteiger partial charge in [-0.2, -0.15) is 0 Å². The molecule has 0 atom stereocenters. The summed E-state index contributed by atoms with van der Waals surface area (Å²) in [6, 6.07) is 5.51. The van der Waals surface area contributed by atoms with Gasteiger partial charge in [-0.05, 0) is 32.0 Å². The van der Waals surface area contributed by atoms with Gasteiger partial charge in [0, 0.05) is 30.3 Å². The van der Waals surface area contributed by atoms with Crippen LogP contribution in [-0.4, -0.2) is 31.4 Å². The third-order valence-electron chi connectivity index (χ3n) is 3.23. The summed E-state index contributed by atoms with van der Waals surface area (Å²) >= 11 is 0. The number of Topliss-reactive ketones (excluding diaryl/α,β-unsaturated/α-hetero) is 1. The van der Waals surface area contributed by atoms with Gasteiger partial charge in [0.05, 0.1) is 12.7 Å². The van der Waals surface area contributed by atoms with Gasteiger partial charge >= 0.3 is 5.97 Å². The van der Waals surface area contributed by atoms with Gasteiger partial charge in [0.15, 0.2) is 5.78 Å². The first-order valence-corrected chi connectivity index (χ1v) is 6.06. The van der Waals surface area contributed by atoms with E-state index in [1.165, 1.54) is 7.11 Å². The lowest BCUT2D eigenvalue weighted by molar-refractivity contribution is 0.0600. The van der Waals surface area contributed by atoms with Gasteiger partial charge in [-0.25, -0.2) is 4.79 Å². The SMILES string of the molecule is COC(=O)c1ccc2c(c1)C(=O)CCN2C(C)C. The molecule has 0 radical (unpaired) electrons. The molecule has 0 aliphatic carbocycles. The van der Waals surface area contributed by atoms with E-state index in [4.69, 9.17) is 0 Å². The summed E-state index contributed by atoms with van der Waals surface area (Å²) in [6.07, 6.45) is 0.496. The monoisotopic (exact) mass is 247 g/mol. The lowest BCUT2D eigenvalue weighted by Gasteiger charge is -2.34. The van der Waals surface area contributed by atoms with Gasteiger partial charge < -0.3 is 9.64 Å².